The van der Waals surface area contributed by atoms with Gasteiger partial charge in [0, 0.05) is 31.5 Å². The lowest BCUT2D eigenvalue weighted by atomic mass is 9.93. The van der Waals surface area contributed by atoms with Crippen LogP contribution in [-0.2, 0) is 14.8 Å². The van der Waals surface area contributed by atoms with Gasteiger partial charge >= 0.3 is 0 Å². The van der Waals surface area contributed by atoms with Gasteiger partial charge in [0.25, 0.3) is 5.91 Å². The molecule has 23 heavy (non-hydrogen) atoms. The smallest absolute Gasteiger partial charge is 0.286 e. The Morgan fingerprint density at radius 2 is 2.22 bits per heavy atom. The summed E-state index contributed by atoms with van der Waals surface area (Å²) in [6.45, 7) is 5.25. The van der Waals surface area contributed by atoms with Gasteiger partial charge in [-0.15, -0.1) is 0 Å². The highest BCUT2D eigenvalue weighted by Gasteiger charge is 2.47. The third-order valence-electron chi connectivity index (χ3n) is 4.63. The zero-order valence-electron chi connectivity index (χ0n) is 13.3. The van der Waals surface area contributed by atoms with Crippen LogP contribution in [0.4, 0.5) is 0 Å². The number of nitrogens with zero attached hydrogens (tertiary/aromatic N) is 1. The summed E-state index contributed by atoms with van der Waals surface area (Å²) in [6.07, 6.45) is 1.38. The van der Waals surface area contributed by atoms with Crippen molar-refractivity contribution >= 4 is 15.9 Å². The summed E-state index contributed by atoms with van der Waals surface area (Å²) in [5.41, 5.74) is 0. The number of furan rings is 1. The Morgan fingerprint density at radius 1 is 1.43 bits per heavy atom. The molecule has 3 heterocycles. The average Bonchev–Trinajstić information content (AvgIpc) is 3.21. The van der Waals surface area contributed by atoms with Gasteiger partial charge in [-0.2, -0.15) is 4.31 Å². The number of hydrogen-bond donors (Lipinski definition) is 1. The summed E-state index contributed by atoms with van der Waals surface area (Å²) in [5.74, 6) is 0.255. The number of ether oxygens (including phenoxy) is 1. The molecule has 0 unspecified atom stereocenters. The number of amides is 1. The molecule has 0 bridgehead atoms. The third-order valence-corrected chi connectivity index (χ3v) is 6.84. The molecule has 1 aromatic rings. The topological polar surface area (TPSA) is 88.9 Å². The van der Waals surface area contributed by atoms with Crippen LogP contribution in [0.1, 0.15) is 24.4 Å². The van der Waals surface area contributed by atoms with E-state index in [2.05, 4.69) is 5.32 Å². The first kappa shape index (κ1) is 16.5. The number of rotatable bonds is 5. The maximum absolute atomic E-state index is 12.3. The molecule has 3 rings (SSSR count). The van der Waals surface area contributed by atoms with Crippen LogP contribution in [0.15, 0.2) is 22.8 Å². The van der Waals surface area contributed by atoms with Crippen molar-refractivity contribution < 1.29 is 22.4 Å². The van der Waals surface area contributed by atoms with E-state index in [0.717, 1.165) is 0 Å². The fraction of sp³-hybridized carbons (Fsp3) is 0.667. The highest BCUT2D eigenvalue weighted by Crippen LogP contribution is 2.35. The van der Waals surface area contributed by atoms with Gasteiger partial charge in [-0.1, -0.05) is 0 Å². The Hall–Kier alpha value is -1.38. The van der Waals surface area contributed by atoms with Gasteiger partial charge < -0.3 is 14.5 Å². The van der Waals surface area contributed by atoms with Crippen molar-refractivity contribution in [1.29, 1.82) is 0 Å². The molecule has 2 fully saturated rings. The van der Waals surface area contributed by atoms with E-state index in [-0.39, 0.29) is 29.6 Å². The number of sulfonamides is 1. The summed E-state index contributed by atoms with van der Waals surface area (Å²) >= 11 is 0. The van der Waals surface area contributed by atoms with Crippen LogP contribution in [0, 0.1) is 11.8 Å². The monoisotopic (exact) mass is 342 g/mol. The largest absolute Gasteiger partial charge is 0.459 e. The summed E-state index contributed by atoms with van der Waals surface area (Å²) in [5, 5.41) is 2.40. The van der Waals surface area contributed by atoms with Crippen molar-refractivity contribution in [3.05, 3.63) is 24.2 Å². The molecule has 0 radical (unpaired) electrons. The fourth-order valence-corrected chi connectivity index (χ4v) is 4.53. The van der Waals surface area contributed by atoms with Gasteiger partial charge in [-0.25, -0.2) is 8.42 Å². The molecule has 1 aromatic heterocycles. The lowest BCUT2D eigenvalue weighted by Crippen LogP contribution is -2.37. The molecule has 2 aliphatic heterocycles. The van der Waals surface area contributed by atoms with E-state index in [1.807, 2.05) is 0 Å². The number of nitrogens with one attached hydrogen (secondary N) is 1. The van der Waals surface area contributed by atoms with Crippen LogP contribution in [0.3, 0.4) is 0 Å². The quantitative estimate of drug-likeness (QED) is 0.851. The Bertz CT molecular complexity index is 655. The van der Waals surface area contributed by atoms with Crippen molar-refractivity contribution in [2.24, 2.45) is 11.8 Å². The van der Waals surface area contributed by atoms with Gasteiger partial charge in [-0.3, -0.25) is 4.79 Å². The second-order valence-electron chi connectivity index (χ2n) is 6.39. The van der Waals surface area contributed by atoms with Gasteiger partial charge in [-0.05, 0) is 26.0 Å². The molecule has 1 N–H and O–H groups in total. The van der Waals surface area contributed by atoms with Crippen molar-refractivity contribution in [1.82, 2.24) is 9.62 Å². The second-order valence-corrected chi connectivity index (χ2v) is 8.88. The summed E-state index contributed by atoms with van der Waals surface area (Å²) in [6, 6.07) is 3.27. The molecule has 0 aromatic carbocycles. The average molecular weight is 342 g/mol. The maximum Gasteiger partial charge on any atom is 0.286 e. The zero-order valence-corrected chi connectivity index (χ0v) is 14.1. The van der Waals surface area contributed by atoms with Crippen LogP contribution < -0.4 is 5.32 Å². The second kappa shape index (κ2) is 6.26. The first-order chi connectivity index (χ1) is 10.9. The van der Waals surface area contributed by atoms with E-state index in [9.17, 15) is 13.2 Å². The first-order valence-corrected chi connectivity index (χ1v) is 9.32. The van der Waals surface area contributed by atoms with Gasteiger partial charge in [0.1, 0.15) is 0 Å². The molecule has 3 atom stereocenters. The van der Waals surface area contributed by atoms with E-state index in [0.29, 0.717) is 26.2 Å². The molecule has 0 saturated carbocycles. The van der Waals surface area contributed by atoms with Gasteiger partial charge in [0.05, 0.1) is 24.2 Å². The summed E-state index contributed by atoms with van der Waals surface area (Å²) < 4.78 is 36.9. The van der Waals surface area contributed by atoms with Gasteiger partial charge in [0.2, 0.25) is 10.0 Å². The molecular formula is C15H22N2O5S. The Morgan fingerprint density at radius 3 is 2.87 bits per heavy atom. The van der Waals surface area contributed by atoms with E-state index < -0.39 is 15.3 Å². The number of carbonyl (C=O) groups excluding carboxylic acids is 1. The highest BCUT2D eigenvalue weighted by atomic mass is 32.2. The van der Waals surface area contributed by atoms with Crippen LogP contribution in [0.5, 0.6) is 0 Å². The molecule has 7 nitrogen and oxygen atoms in total. The molecule has 0 spiro atoms. The normalized spacial score (nSPS) is 28.2. The minimum absolute atomic E-state index is 0.0750. The molecule has 0 aliphatic carbocycles. The van der Waals surface area contributed by atoms with E-state index >= 15 is 0 Å². The molecule has 1 amide bonds. The molecular weight excluding hydrogens is 320 g/mol. The van der Waals surface area contributed by atoms with Crippen LogP contribution in [-0.4, -0.2) is 56.2 Å². The van der Waals surface area contributed by atoms with Crippen molar-refractivity contribution in [2.75, 3.05) is 26.2 Å². The van der Waals surface area contributed by atoms with Crippen molar-refractivity contribution in [3.8, 4) is 0 Å². The van der Waals surface area contributed by atoms with Crippen LogP contribution in [0.2, 0.25) is 0 Å². The Balaban J connectivity index is 1.58. The maximum atomic E-state index is 12.3. The minimum Gasteiger partial charge on any atom is -0.459 e. The van der Waals surface area contributed by atoms with Gasteiger partial charge in [0.15, 0.2) is 5.76 Å². The molecule has 128 valence electrons. The molecule has 2 aliphatic rings. The Kier molecular flexibility index (Phi) is 4.48. The SMILES string of the molecule is CC(C)S(=O)(=O)N1C[C@@H]2[C@@H](CNC(=O)c3ccco3)CO[C@@H]2C1. The number of hydrogen-bond acceptors (Lipinski definition) is 5. The lowest BCUT2D eigenvalue weighted by molar-refractivity contribution is 0.0907. The van der Waals surface area contributed by atoms with Crippen LogP contribution >= 0.6 is 0 Å². The molecule has 2 saturated heterocycles. The van der Waals surface area contributed by atoms with E-state index in [1.165, 1.54) is 10.6 Å². The standard InChI is InChI=1S/C15H22N2O5S/c1-10(2)23(19,20)17-7-12-11(9-22-14(12)8-17)6-16-15(18)13-4-3-5-21-13/h3-5,10-12,14H,6-9H2,1-2H3,(H,16,18)/t11-,12+,14+/m0/s1. The predicted molar refractivity (Wildman–Crippen MR) is 83.4 cm³/mol. The number of carbonyl (C=O) groups is 1. The third kappa shape index (κ3) is 3.15. The number of fused-ring (bicyclic) bond motifs is 1. The first-order valence-electron chi connectivity index (χ1n) is 7.82. The lowest BCUT2D eigenvalue weighted by Gasteiger charge is -2.21. The van der Waals surface area contributed by atoms with E-state index in [1.54, 1.807) is 26.0 Å². The Labute approximate surface area is 136 Å². The summed E-state index contributed by atoms with van der Waals surface area (Å²) in [4.78, 5) is 11.9. The van der Waals surface area contributed by atoms with Crippen molar-refractivity contribution in [2.45, 2.75) is 25.2 Å². The minimum atomic E-state index is -3.26. The fourth-order valence-electron chi connectivity index (χ4n) is 3.20. The summed E-state index contributed by atoms with van der Waals surface area (Å²) in [7, 11) is -3.26. The highest BCUT2D eigenvalue weighted by molar-refractivity contribution is 7.89. The van der Waals surface area contributed by atoms with E-state index in [4.69, 9.17) is 9.15 Å². The zero-order chi connectivity index (χ0) is 16.6. The molecule has 8 heteroatoms. The van der Waals surface area contributed by atoms with Crippen LogP contribution in [0.25, 0.3) is 0 Å². The predicted octanol–water partition coefficient (Wildman–Crippen LogP) is 0.694. The van der Waals surface area contributed by atoms with Crippen molar-refractivity contribution in [3.63, 3.8) is 0 Å².